The summed E-state index contributed by atoms with van der Waals surface area (Å²) in [5, 5.41) is 42.8. The summed E-state index contributed by atoms with van der Waals surface area (Å²) in [6.45, 7) is 10.00. The maximum Gasteiger partial charge on any atom is 0.210 e. The molecule has 0 heterocycles. The molecule has 0 aliphatic heterocycles. The second-order valence-corrected chi connectivity index (χ2v) is 8.72. The van der Waals surface area contributed by atoms with Crippen molar-refractivity contribution in [2.75, 3.05) is 5.32 Å². The van der Waals surface area contributed by atoms with Crippen LogP contribution < -0.4 is 5.32 Å². The molecule has 4 N–H and O–H groups in total. The number of phenols is 2. The van der Waals surface area contributed by atoms with Crippen LogP contribution in [0, 0.1) is 0 Å². The van der Waals surface area contributed by atoms with E-state index >= 15 is 0 Å². The quantitative estimate of drug-likeness (QED) is 0.114. The van der Waals surface area contributed by atoms with Crippen molar-refractivity contribution in [2.45, 2.75) is 26.0 Å². The van der Waals surface area contributed by atoms with Gasteiger partial charge in [0.2, 0.25) is 11.5 Å². The van der Waals surface area contributed by atoms with Gasteiger partial charge in [0, 0.05) is 5.56 Å². The topological polar surface area (TPSA) is 149 Å². The minimum absolute atomic E-state index is 0.0170. The van der Waals surface area contributed by atoms with Crippen LogP contribution in [-0.4, -0.2) is 38.4 Å². The normalized spacial score (nSPS) is 12.5. The lowest BCUT2D eigenvalue weighted by atomic mass is 9.94. The zero-order valence-electron chi connectivity index (χ0n) is 20.9. The van der Waals surface area contributed by atoms with Gasteiger partial charge in [-0.05, 0) is 49.3 Å². The van der Waals surface area contributed by atoms with Crippen molar-refractivity contribution >= 4 is 34.4 Å². The first-order chi connectivity index (χ1) is 17.9. The minimum Gasteiger partial charge on any atom is -0.505 e. The summed E-state index contributed by atoms with van der Waals surface area (Å²) in [6, 6.07) is 17.0. The zero-order chi connectivity index (χ0) is 28.0. The molecule has 0 radical (unpaired) electrons. The molecule has 0 amide bonds. The number of nitrogens with zero attached hydrogens (tertiary/aromatic N) is 2. The molecule has 0 bridgehead atoms. The molecule has 0 spiro atoms. The lowest BCUT2D eigenvalue weighted by Crippen LogP contribution is -2.48. The highest BCUT2D eigenvalue weighted by molar-refractivity contribution is 6.11. The fourth-order valence-electron chi connectivity index (χ4n) is 3.51. The Kier molecular flexibility index (Phi) is 8.34. The number of rotatable bonds is 11. The molecule has 3 aromatic carbocycles. The predicted molar refractivity (Wildman–Crippen MR) is 143 cm³/mol. The fraction of sp³-hybridized carbons (Fsp3) is 0.138. The van der Waals surface area contributed by atoms with Crippen molar-refractivity contribution in [1.82, 2.24) is 0 Å². The Hall–Kier alpha value is -4.89. The number of nitrogens with one attached hydrogen (secondary N) is 1. The van der Waals surface area contributed by atoms with Crippen molar-refractivity contribution in [2.24, 2.45) is 10.2 Å². The molecule has 0 aliphatic rings. The van der Waals surface area contributed by atoms with Gasteiger partial charge in [0.1, 0.15) is 11.4 Å². The molecule has 0 saturated heterocycles. The fourth-order valence-corrected chi connectivity index (χ4v) is 3.51. The Bertz CT molecular complexity index is 1460. The molecule has 9 nitrogen and oxygen atoms in total. The number of azo groups is 1. The number of carbonyl (C=O) groups is 3. The third-order valence-corrected chi connectivity index (χ3v) is 5.57. The molecule has 0 fully saturated rings. The molecule has 1 unspecified atom stereocenters. The number of aliphatic hydroxyl groups is 1. The van der Waals surface area contributed by atoms with E-state index in [1.165, 1.54) is 38.1 Å². The molecular formula is C29H27N3O6. The molecule has 9 heteroatoms. The SMILES string of the molecule is C=C(C)C(=O)CC(O)(Nc1ccccc1N=Nc1c(O)ccc(C(=O)c2ccccc2)c1O)C(=O)C(=C)C. The van der Waals surface area contributed by atoms with Gasteiger partial charge in [-0.1, -0.05) is 55.6 Å². The minimum atomic E-state index is -2.35. The summed E-state index contributed by atoms with van der Waals surface area (Å²) in [4.78, 5) is 38.0. The lowest BCUT2D eigenvalue weighted by Gasteiger charge is -2.29. The first kappa shape index (κ1) is 27.7. The first-order valence-corrected chi connectivity index (χ1v) is 11.5. The maximum atomic E-state index is 12.8. The van der Waals surface area contributed by atoms with Gasteiger partial charge in [0.15, 0.2) is 23.0 Å². The standard InChI is InChI=1S/C29H27N3O6/c1-17(2)24(34)16-29(38,28(37)18(3)4)30-21-12-8-9-13-22(21)31-32-25-23(33)15-14-20(27(25)36)26(35)19-10-6-5-7-11-19/h5-15,30,33,36,38H,1,3,16H2,2,4H3. The van der Waals surface area contributed by atoms with E-state index in [9.17, 15) is 29.7 Å². The van der Waals surface area contributed by atoms with Gasteiger partial charge >= 0.3 is 0 Å². The molecule has 1 atom stereocenters. The van der Waals surface area contributed by atoms with Gasteiger partial charge in [-0.2, -0.15) is 0 Å². The number of allylic oxidation sites excluding steroid dienone is 1. The molecular weight excluding hydrogens is 486 g/mol. The number of Topliss-reactive ketones (excluding diaryl/α,β-unsaturated/α-hetero) is 2. The monoisotopic (exact) mass is 513 g/mol. The van der Waals surface area contributed by atoms with Gasteiger partial charge in [-0.25, -0.2) is 0 Å². The van der Waals surface area contributed by atoms with Crippen molar-refractivity contribution in [1.29, 1.82) is 0 Å². The van der Waals surface area contributed by atoms with Crippen LogP contribution in [0.2, 0.25) is 0 Å². The molecule has 0 saturated carbocycles. The molecule has 0 aliphatic carbocycles. The molecule has 194 valence electrons. The second kappa shape index (κ2) is 11.4. The summed E-state index contributed by atoms with van der Waals surface area (Å²) in [6.07, 6.45) is -0.606. The summed E-state index contributed by atoms with van der Waals surface area (Å²) in [5.74, 6) is -2.83. The van der Waals surface area contributed by atoms with Crippen molar-refractivity contribution in [3.05, 3.63) is 102 Å². The molecule has 0 aromatic heterocycles. The van der Waals surface area contributed by atoms with Gasteiger partial charge in [0.25, 0.3) is 0 Å². The summed E-state index contributed by atoms with van der Waals surface area (Å²) in [5.41, 5.74) is -2.06. The Morgan fingerprint density at radius 2 is 1.50 bits per heavy atom. The number of aromatic hydroxyl groups is 2. The molecule has 3 rings (SSSR count). The van der Waals surface area contributed by atoms with Gasteiger partial charge < -0.3 is 20.6 Å². The van der Waals surface area contributed by atoms with Crippen LogP contribution in [0.5, 0.6) is 11.5 Å². The van der Waals surface area contributed by atoms with E-state index in [4.69, 9.17) is 0 Å². The number of para-hydroxylation sites is 1. The third kappa shape index (κ3) is 6.08. The van der Waals surface area contributed by atoms with E-state index in [2.05, 4.69) is 28.7 Å². The maximum absolute atomic E-state index is 12.8. The van der Waals surface area contributed by atoms with Gasteiger partial charge in [-0.3, -0.25) is 14.4 Å². The van der Waals surface area contributed by atoms with E-state index in [1.807, 2.05) is 0 Å². The predicted octanol–water partition coefficient (Wildman–Crippen LogP) is 5.53. The van der Waals surface area contributed by atoms with Crippen LogP contribution in [-0.2, 0) is 9.59 Å². The Labute approximate surface area is 219 Å². The van der Waals surface area contributed by atoms with Crippen molar-refractivity contribution in [3.63, 3.8) is 0 Å². The van der Waals surface area contributed by atoms with Crippen LogP contribution in [0.1, 0.15) is 36.2 Å². The largest absolute Gasteiger partial charge is 0.505 e. The average molecular weight is 514 g/mol. The van der Waals surface area contributed by atoms with E-state index < -0.39 is 41.0 Å². The highest BCUT2D eigenvalue weighted by Crippen LogP contribution is 2.41. The van der Waals surface area contributed by atoms with Crippen LogP contribution in [0.4, 0.5) is 17.1 Å². The number of hydrogen-bond acceptors (Lipinski definition) is 9. The highest BCUT2D eigenvalue weighted by Gasteiger charge is 2.39. The van der Waals surface area contributed by atoms with Gasteiger partial charge in [-0.15, -0.1) is 10.2 Å². The number of anilines is 1. The number of ketones is 3. The number of hydrogen-bond donors (Lipinski definition) is 4. The molecule has 38 heavy (non-hydrogen) atoms. The Morgan fingerprint density at radius 1 is 0.868 bits per heavy atom. The Morgan fingerprint density at radius 3 is 2.13 bits per heavy atom. The summed E-state index contributed by atoms with van der Waals surface area (Å²) >= 11 is 0. The van der Waals surface area contributed by atoms with Crippen LogP contribution in [0.15, 0.2) is 101 Å². The summed E-state index contributed by atoms with van der Waals surface area (Å²) in [7, 11) is 0. The van der Waals surface area contributed by atoms with E-state index in [1.54, 1.807) is 42.5 Å². The van der Waals surface area contributed by atoms with Gasteiger partial charge in [0.05, 0.1) is 17.7 Å². The average Bonchev–Trinajstić information content (AvgIpc) is 2.89. The van der Waals surface area contributed by atoms with Crippen molar-refractivity contribution in [3.8, 4) is 11.5 Å². The number of carbonyl (C=O) groups excluding carboxylic acids is 3. The van der Waals surface area contributed by atoms with Crippen LogP contribution in [0.3, 0.4) is 0 Å². The smallest absolute Gasteiger partial charge is 0.210 e. The zero-order valence-corrected chi connectivity index (χ0v) is 20.9. The van der Waals surface area contributed by atoms with Crippen molar-refractivity contribution < 1.29 is 29.7 Å². The van der Waals surface area contributed by atoms with Crippen LogP contribution >= 0.6 is 0 Å². The number of benzene rings is 3. The van der Waals surface area contributed by atoms with E-state index in [0.717, 1.165) is 0 Å². The number of phenolic OH excluding ortho intramolecular Hbond substituents is 2. The third-order valence-electron chi connectivity index (χ3n) is 5.57. The second-order valence-electron chi connectivity index (χ2n) is 8.72. The highest BCUT2D eigenvalue weighted by atomic mass is 16.3. The van der Waals surface area contributed by atoms with E-state index in [0.29, 0.717) is 5.56 Å². The lowest BCUT2D eigenvalue weighted by molar-refractivity contribution is -0.135. The first-order valence-electron chi connectivity index (χ1n) is 11.5. The molecule has 3 aromatic rings. The summed E-state index contributed by atoms with van der Waals surface area (Å²) < 4.78 is 0. The van der Waals surface area contributed by atoms with E-state index in [-0.39, 0.29) is 33.8 Å². The van der Waals surface area contributed by atoms with Crippen LogP contribution in [0.25, 0.3) is 0 Å². The Balaban J connectivity index is 2.00.